The van der Waals surface area contributed by atoms with Gasteiger partial charge < -0.3 is 5.32 Å². The summed E-state index contributed by atoms with van der Waals surface area (Å²) < 4.78 is 12.9. The Morgan fingerprint density at radius 3 is 2.72 bits per heavy atom. The van der Waals surface area contributed by atoms with Crippen LogP contribution >= 0.6 is 0 Å². The first-order valence-electron chi connectivity index (χ1n) is 6.51. The third-order valence-electron chi connectivity index (χ3n) is 3.61. The van der Waals surface area contributed by atoms with Crippen LogP contribution in [0.15, 0.2) is 18.0 Å². The normalized spacial score (nSPS) is 21.6. The highest BCUT2D eigenvalue weighted by molar-refractivity contribution is 5.63. The highest BCUT2D eigenvalue weighted by Crippen LogP contribution is 2.27. The predicted molar refractivity (Wildman–Crippen MR) is 67.6 cm³/mol. The Kier molecular flexibility index (Phi) is 3.23. The van der Waals surface area contributed by atoms with Gasteiger partial charge in [0.2, 0.25) is 0 Å². The van der Waals surface area contributed by atoms with Crippen LogP contribution in [-0.4, -0.2) is 28.3 Å². The minimum Gasteiger partial charge on any atom is -0.317 e. The third-order valence-corrected chi connectivity index (χ3v) is 3.61. The lowest BCUT2D eigenvalue weighted by Crippen LogP contribution is -2.27. The molecule has 4 nitrogen and oxygen atoms in total. The fraction of sp³-hybridized carbons (Fsp3) is 0.538. The van der Waals surface area contributed by atoms with Crippen LogP contribution in [0.5, 0.6) is 0 Å². The molecule has 2 N–H and O–H groups in total. The molecule has 2 heterocycles. The molecule has 0 unspecified atom stereocenters. The van der Waals surface area contributed by atoms with Crippen LogP contribution in [0.1, 0.15) is 43.3 Å². The summed E-state index contributed by atoms with van der Waals surface area (Å²) in [5.74, 6) is 2.12. The molecule has 18 heavy (non-hydrogen) atoms. The average molecular weight is 248 g/mol. The first-order chi connectivity index (χ1) is 8.83. The molecule has 96 valence electrons. The number of hydrogen-bond donors (Lipinski definition) is 2. The molecule has 0 amide bonds. The van der Waals surface area contributed by atoms with E-state index in [4.69, 9.17) is 0 Å². The van der Waals surface area contributed by atoms with Crippen LogP contribution in [0, 0.1) is 0 Å². The van der Waals surface area contributed by atoms with Gasteiger partial charge in [0, 0.05) is 12.3 Å². The molecule has 0 bridgehead atoms. The number of nitrogens with zero attached hydrogens (tertiary/aromatic N) is 2. The number of aromatic nitrogens is 3. The summed E-state index contributed by atoms with van der Waals surface area (Å²) in [5, 5.41) is 10.6. The van der Waals surface area contributed by atoms with Crippen molar-refractivity contribution in [3.05, 3.63) is 29.6 Å². The average Bonchev–Trinajstić information content (AvgIpc) is 2.90. The van der Waals surface area contributed by atoms with Gasteiger partial charge in [0.05, 0.1) is 0 Å². The van der Waals surface area contributed by atoms with E-state index in [2.05, 4.69) is 20.5 Å². The zero-order valence-electron chi connectivity index (χ0n) is 10.2. The summed E-state index contributed by atoms with van der Waals surface area (Å²) in [5.41, 5.74) is 1.02. The molecule has 1 aliphatic heterocycles. The number of nitrogens with one attached hydrogen (secondary N) is 2. The first-order valence-corrected chi connectivity index (χ1v) is 6.51. The van der Waals surface area contributed by atoms with Crippen molar-refractivity contribution in [2.24, 2.45) is 0 Å². The molecule has 0 spiro atoms. The van der Waals surface area contributed by atoms with E-state index >= 15 is 0 Å². The summed E-state index contributed by atoms with van der Waals surface area (Å²) >= 11 is 0. The lowest BCUT2D eigenvalue weighted by atomic mass is 9.97. The Hall–Kier alpha value is -1.49. The molecule has 1 saturated heterocycles. The maximum atomic E-state index is 12.9. The molecule has 5 heteroatoms. The van der Waals surface area contributed by atoms with Gasteiger partial charge in [0.15, 0.2) is 5.82 Å². The Morgan fingerprint density at radius 2 is 2.00 bits per heavy atom. The number of H-pyrrole nitrogens is 1. The molecule has 2 aliphatic rings. The number of allylic oxidation sites excluding steroid dienone is 4. The van der Waals surface area contributed by atoms with E-state index < -0.39 is 0 Å². The molecular weight excluding hydrogens is 231 g/mol. The van der Waals surface area contributed by atoms with E-state index in [-0.39, 0.29) is 5.83 Å². The van der Waals surface area contributed by atoms with Crippen molar-refractivity contribution < 1.29 is 4.39 Å². The molecule has 0 saturated carbocycles. The fourth-order valence-electron chi connectivity index (χ4n) is 2.49. The van der Waals surface area contributed by atoms with Crippen LogP contribution in [0.3, 0.4) is 0 Å². The standard InChI is InChI=1S/C13H17FN4/c14-11-3-1-9(2-4-11)12-16-13(18-17-12)10-5-7-15-8-6-10/h1,3,10,15H,2,4-8H2,(H,16,17,18). The second-order valence-electron chi connectivity index (χ2n) is 4.87. The molecule has 1 aromatic heterocycles. The number of rotatable bonds is 2. The SMILES string of the molecule is FC1=CC=C(c2n[nH]c(C3CCNCC3)n2)CC1. The largest absolute Gasteiger partial charge is 0.317 e. The summed E-state index contributed by atoms with van der Waals surface area (Å²) in [6.07, 6.45) is 6.65. The first kappa shape index (κ1) is 11.6. The fourth-order valence-corrected chi connectivity index (χ4v) is 2.49. The number of halogens is 1. The monoisotopic (exact) mass is 248 g/mol. The van der Waals surface area contributed by atoms with E-state index in [1.807, 2.05) is 0 Å². The van der Waals surface area contributed by atoms with E-state index in [9.17, 15) is 4.39 Å². The van der Waals surface area contributed by atoms with Crippen molar-refractivity contribution in [1.82, 2.24) is 20.5 Å². The topological polar surface area (TPSA) is 53.6 Å². The lowest BCUT2D eigenvalue weighted by Gasteiger charge is -2.19. The molecule has 0 radical (unpaired) electrons. The maximum absolute atomic E-state index is 12.9. The Bertz CT molecular complexity index is 483. The van der Waals surface area contributed by atoms with Crippen molar-refractivity contribution in [1.29, 1.82) is 0 Å². The number of aromatic amines is 1. The van der Waals surface area contributed by atoms with Crippen molar-refractivity contribution in [3.63, 3.8) is 0 Å². The zero-order chi connectivity index (χ0) is 12.4. The molecule has 1 aromatic rings. The summed E-state index contributed by atoms with van der Waals surface area (Å²) in [6, 6.07) is 0. The lowest BCUT2D eigenvalue weighted by molar-refractivity contribution is 0.446. The van der Waals surface area contributed by atoms with Gasteiger partial charge in [-0.05, 0) is 44.0 Å². The van der Waals surface area contributed by atoms with Gasteiger partial charge in [-0.3, -0.25) is 5.10 Å². The van der Waals surface area contributed by atoms with Crippen molar-refractivity contribution in [3.8, 4) is 0 Å². The van der Waals surface area contributed by atoms with Gasteiger partial charge in [0.25, 0.3) is 0 Å². The Labute approximate surface area is 105 Å². The second-order valence-corrected chi connectivity index (χ2v) is 4.87. The van der Waals surface area contributed by atoms with Crippen molar-refractivity contribution in [2.75, 3.05) is 13.1 Å². The minimum atomic E-state index is -0.0622. The van der Waals surface area contributed by atoms with Crippen molar-refractivity contribution >= 4 is 5.57 Å². The quantitative estimate of drug-likeness (QED) is 0.844. The van der Waals surface area contributed by atoms with E-state index in [1.165, 1.54) is 6.08 Å². The summed E-state index contributed by atoms with van der Waals surface area (Å²) in [7, 11) is 0. The molecular formula is C13H17FN4. The molecule has 0 aromatic carbocycles. The smallest absolute Gasteiger partial charge is 0.177 e. The van der Waals surface area contributed by atoms with Crippen molar-refractivity contribution in [2.45, 2.75) is 31.6 Å². The Morgan fingerprint density at radius 1 is 1.17 bits per heavy atom. The summed E-state index contributed by atoms with van der Waals surface area (Å²) in [4.78, 5) is 4.57. The van der Waals surface area contributed by atoms with E-state index in [1.54, 1.807) is 6.08 Å². The van der Waals surface area contributed by atoms with Gasteiger partial charge in [-0.1, -0.05) is 6.08 Å². The van der Waals surface area contributed by atoms with Crippen LogP contribution in [-0.2, 0) is 0 Å². The minimum absolute atomic E-state index is 0.0622. The summed E-state index contributed by atoms with van der Waals surface area (Å²) in [6.45, 7) is 2.08. The van der Waals surface area contributed by atoms with E-state index in [0.29, 0.717) is 18.8 Å². The maximum Gasteiger partial charge on any atom is 0.177 e. The molecule has 1 aliphatic carbocycles. The predicted octanol–water partition coefficient (Wildman–Crippen LogP) is 2.30. The Balaban J connectivity index is 1.77. The molecule has 0 atom stereocenters. The second kappa shape index (κ2) is 5.02. The van der Waals surface area contributed by atoms with E-state index in [0.717, 1.165) is 43.2 Å². The van der Waals surface area contributed by atoms with Crippen LogP contribution in [0.2, 0.25) is 0 Å². The zero-order valence-corrected chi connectivity index (χ0v) is 10.2. The van der Waals surface area contributed by atoms with Gasteiger partial charge >= 0.3 is 0 Å². The third kappa shape index (κ3) is 2.36. The molecule has 1 fully saturated rings. The van der Waals surface area contributed by atoms with Crippen LogP contribution in [0.4, 0.5) is 4.39 Å². The molecule has 3 rings (SSSR count). The highest BCUT2D eigenvalue weighted by atomic mass is 19.1. The van der Waals surface area contributed by atoms with Crippen LogP contribution < -0.4 is 5.32 Å². The number of piperidine rings is 1. The van der Waals surface area contributed by atoms with Gasteiger partial charge in [0.1, 0.15) is 11.7 Å². The van der Waals surface area contributed by atoms with Gasteiger partial charge in [-0.25, -0.2) is 9.37 Å². The van der Waals surface area contributed by atoms with Gasteiger partial charge in [-0.15, -0.1) is 0 Å². The number of hydrogen-bond acceptors (Lipinski definition) is 3. The highest BCUT2D eigenvalue weighted by Gasteiger charge is 2.20. The van der Waals surface area contributed by atoms with Crippen LogP contribution in [0.25, 0.3) is 5.57 Å². The van der Waals surface area contributed by atoms with Gasteiger partial charge in [-0.2, -0.15) is 5.10 Å².